The summed E-state index contributed by atoms with van der Waals surface area (Å²) in [4.78, 5) is 0. The lowest BCUT2D eigenvalue weighted by atomic mass is 10.1. The summed E-state index contributed by atoms with van der Waals surface area (Å²) in [6.45, 7) is 2.39. The standard InChI is InChI=1S/C13H24O/c1-2-3-4-5-6-7-8-9-10-11-12-13-14/h2-5,14H,6-13H2,1H3. The second kappa shape index (κ2) is 12.4. The SMILES string of the molecule is CC=CC=CCCCCCCCCO. The van der Waals surface area contributed by atoms with Crippen LogP contribution in [-0.4, -0.2) is 11.7 Å². The third-order valence-corrected chi connectivity index (χ3v) is 2.22. The van der Waals surface area contributed by atoms with Crippen molar-refractivity contribution in [2.45, 2.75) is 51.9 Å². The monoisotopic (exact) mass is 196 g/mol. The molecule has 0 unspecified atom stereocenters. The molecule has 0 bridgehead atoms. The third kappa shape index (κ3) is 11.4. The summed E-state index contributed by atoms with van der Waals surface area (Å²) in [5.74, 6) is 0. The highest BCUT2D eigenvalue weighted by atomic mass is 16.2. The molecular weight excluding hydrogens is 172 g/mol. The highest BCUT2D eigenvalue weighted by Gasteiger charge is 1.89. The predicted octanol–water partition coefficient (Wildman–Crippen LogP) is 3.84. The minimum Gasteiger partial charge on any atom is -0.396 e. The Morgan fingerprint density at radius 2 is 1.50 bits per heavy atom. The fourth-order valence-corrected chi connectivity index (χ4v) is 1.37. The second-order valence-electron chi connectivity index (χ2n) is 3.59. The zero-order chi connectivity index (χ0) is 10.5. The summed E-state index contributed by atoms with van der Waals surface area (Å²) in [5.41, 5.74) is 0. The first-order valence-electron chi connectivity index (χ1n) is 5.80. The van der Waals surface area contributed by atoms with Crippen LogP contribution in [0.25, 0.3) is 0 Å². The molecule has 0 saturated carbocycles. The van der Waals surface area contributed by atoms with E-state index in [0.717, 1.165) is 6.42 Å². The molecule has 0 amide bonds. The molecule has 0 aliphatic rings. The molecule has 0 spiro atoms. The Morgan fingerprint density at radius 1 is 0.857 bits per heavy atom. The van der Waals surface area contributed by atoms with E-state index in [-0.39, 0.29) is 0 Å². The summed E-state index contributed by atoms with van der Waals surface area (Å²) in [7, 11) is 0. The quantitative estimate of drug-likeness (QED) is 0.439. The molecule has 1 heteroatoms. The molecule has 1 nitrogen and oxygen atoms in total. The van der Waals surface area contributed by atoms with Crippen molar-refractivity contribution in [3.05, 3.63) is 24.3 Å². The van der Waals surface area contributed by atoms with E-state index in [1.165, 1.54) is 38.5 Å². The van der Waals surface area contributed by atoms with Gasteiger partial charge in [0, 0.05) is 6.61 Å². The minimum absolute atomic E-state index is 0.353. The molecule has 1 N–H and O–H groups in total. The summed E-state index contributed by atoms with van der Waals surface area (Å²) in [6.07, 6.45) is 17.0. The van der Waals surface area contributed by atoms with Gasteiger partial charge < -0.3 is 5.11 Å². The molecule has 0 aromatic carbocycles. The second-order valence-corrected chi connectivity index (χ2v) is 3.59. The normalized spacial score (nSPS) is 11.9. The lowest BCUT2D eigenvalue weighted by Gasteiger charge is -1.98. The Kier molecular flexibility index (Phi) is 11.9. The number of unbranched alkanes of at least 4 members (excludes halogenated alkanes) is 6. The maximum atomic E-state index is 8.57. The summed E-state index contributed by atoms with van der Waals surface area (Å²) in [6, 6.07) is 0. The van der Waals surface area contributed by atoms with Crippen LogP contribution in [0.2, 0.25) is 0 Å². The van der Waals surface area contributed by atoms with Gasteiger partial charge in [-0.2, -0.15) is 0 Å². The zero-order valence-electron chi connectivity index (χ0n) is 9.41. The first kappa shape index (κ1) is 13.4. The first-order chi connectivity index (χ1) is 6.91. The Morgan fingerprint density at radius 3 is 2.14 bits per heavy atom. The van der Waals surface area contributed by atoms with Crippen molar-refractivity contribution in [2.24, 2.45) is 0 Å². The number of allylic oxidation sites excluding steroid dienone is 4. The van der Waals surface area contributed by atoms with Crippen LogP contribution in [0.4, 0.5) is 0 Å². The molecule has 14 heavy (non-hydrogen) atoms. The van der Waals surface area contributed by atoms with Gasteiger partial charge in [0.05, 0.1) is 0 Å². The van der Waals surface area contributed by atoms with E-state index in [0.29, 0.717) is 6.61 Å². The van der Waals surface area contributed by atoms with Crippen LogP contribution in [0.5, 0.6) is 0 Å². The van der Waals surface area contributed by atoms with Gasteiger partial charge in [0.1, 0.15) is 0 Å². The minimum atomic E-state index is 0.353. The number of hydrogen-bond donors (Lipinski definition) is 1. The van der Waals surface area contributed by atoms with Crippen molar-refractivity contribution in [1.29, 1.82) is 0 Å². The molecule has 82 valence electrons. The molecule has 0 saturated heterocycles. The van der Waals surface area contributed by atoms with E-state index >= 15 is 0 Å². The van der Waals surface area contributed by atoms with Crippen molar-refractivity contribution in [3.63, 3.8) is 0 Å². The molecule has 0 atom stereocenters. The lowest BCUT2D eigenvalue weighted by molar-refractivity contribution is 0.282. The fraction of sp³-hybridized carbons (Fsp3) is 0.692. The van der Waals surface area contributed by atoms with Gasteiger partial charge in [0.15, 0.2) is 0 Å². The maximum absolute atomic E-state index is 8.57. The molecule has 0 aliphatic heterocycles. The van der Waals surface area contributed by atoms with E-state index in [9.17, 15) is 0 Å². The van der Waals surface area contributed by atoms with Crippen molar-refractivity contribution in [2.75, 3.05) is 6.61 Å². The van der Waals surface area contributed by atoms with E-state index in [2.05, 4.69) is 18.2 Å². The van der Waals surface area contributed by atoms with Gasteiger partial charge in [-0.05, 0) is 26.2 Å². The van der Waals surface area contributed by atoms with Crippen molar-refractivity contribution < 1.29 is 5.11 Å². The van der Waals surface area contributed by atoms with Crippen molar-refractivity contribution in [3.8, 4) is 0 Å². The van der Waals surface area contributed by atoms with Crippen LogP contribution in [0.15, 0.2) is 24.3 Å². The maximum Gasteiger partial charge on any atom is 0.0431 e. The predicted molar refractivity (Wildman–Crippen MR) is 63.4 cm³/mol. The van der Waals surface area contributed by atoms with Crippen molar-refractivity contribution >= 4 is 0 Å². The fourth-order valence-electron chi connectivity index (χ4n) is 1.37. The van der Waals surface area contributed by atoms with Gasteiger partial charge in [-0.25, -0.2) is 0 Å². The Hall–Kier alpha value is -0.560. The number of aliphatic hydroxyl groups excluding tert-OH is 1. The van der Waals surface area contributed by atoms with Crippen LogP contribution in [0.1, 0.15) is 51.9 Å². The summed E-state index contributed by atoms with van der Waals surface area (Å²) >= 11 is 0. The van der Waals surface area contributed by atoms with Crippen LogP contribution in [0.3, 0.4) is 0 Å². The van der Waals surface area contributed by atoms with Crippen LogP contribution in [0, 0.1) is 0 Å². The smallest absolute Gasteiger partial charge is 0.0431 e. The van der Waals surface area contributed by atoms with Gasteiger partial charge in [0.25, 0.3) is 0 Å². The molecule has 0 rings (SSSR count). The van der Waals surface area contributed by atoms with Crippen LogP contribution < -0.4 is 0 Å². The van der Waals surface area contributed by atoms with Crippen LogP contribution >= 0.6 is 0 Å². The van der Waals surface area contributed by atoms with Gasteiger partial charge in [-0.3, -0.25) is 0 Å². The van der Waals surface area contributed by atoms with Gasteiger partial charge >= 0.3 is 0 Å². The molecular formula is C13H24O. The highest BCUT2D eigenvalue weighted by molar-refractivity contribution is 5.00. The average molecular weight is 196 g/mol. The van der Waals surface area contributed by atoms with E-state index in [1.54, 1.807) is 0 Å². The molecule has 0 aliphatic carbocycles. The van der Waals surface area contributed by atoms with Gasteiger partial charge in [-0.1, -0.05) is 50.0 Å². The Labute approximate surface area is 88.5 Å². The Balaban J connectivity index is 2.98. The topological polar surface area (TPSA) is 20.2 Å². The number of aliphatic hydroxyl groups is 1. The average Bonchev–Trinajstić information content (AvgIpc) is 2.21. The van der Waals surface area contributed by atoms with E-state index < -0.39 is 0 Å². The molecule has 0 aromatic heterocycles. The lowest BCUT2D eigenvalue weighted by Crippen LogP contribution is -1.83. The summed E-state index contributed by atoms with van der Waals surface area (Å²) < 4.78 is 0. The van der Waals surface area contributed by atoms with Gasteiger partial charge in [-0.15, -0.1) is 0 Å². The zero-order valence-corrected chi connectivity index (χ0v) is 9.41. The van der Waals surface area contributed by atoms with Crippen molar-refractivity contribution in [1.82, 2.24) is 0 Å². The van der Waals surface area contributed by atoms with E-state index in [4.69, 9.17) is 5.11 Å². The van der Waals surface area contributed by atoms with Gasteiger partial charge in [0.2, 0.25) is 0 Å². The molecule has 0 radical (unpaired) electrons. The molecule has 0 fully saturated rings. The molecule has 0 aromatic rings. The number of hydrogen-bond acceptors (Lipinski definition) is 1. The highest BCUT2D eigenvalue weighted by Crippen LogP contribution is 2.07. The Bertz CT molecular complexity index is 147. The molecule has 0 heterocycles. The third-order valence-electron chi connectivity index (χ3n) is 2.22. The largest absolute Gasteiger partial charge is 0.396 e. The summed E-state index contributed by atoms with van der Waals surface area (Å²) in [5, 5.41) is 8.57. The number of rotatable bonds is 9. The van der Waals surface area contributed by atoms with E-state index in [1.807, 2.05) is 13.0 Å². The van der Waals surface area contributed by atoms with Crippen LogP contribution in [-0.2, 0) is 0 Å². The first-order valence-corrected chi connectivity index (χ1v) is 5.80.